The number of halogens is 4. The van der Waals surface area contributed by atoms with Crippen LogP contribution in [-0.2, 0) is 11.0 Å². The molecule has 0 aliphatic heterocycles. The van der Waals surface area contributed by atoms with Crippen LogP contribution in [-0.4, -0.2) is 35.5 Å². The minimum atomic E-state index is -4.92. The van der Waals surface area contributed by atoms with Gasteiger partial charge in [0.1, 0.15) is 12.4 Å². The van der Waals surface area contributed by atoms with Gasteiger partial charge in [-0.05, 0) is 12.1 Å². The molecule has 0 aliphatic carbocycles. The van der Waals surface area contributed by atoms with Gasteiger partial charge in [0.2, 0.25) is 0 Å². The minimum absolute atomic E-state index is 0.503. The van der Waals surface area contributed by atoms with Crippen molar-refractivity contribution in [2.24, 2.45) is 0 Å². The van der Waals surface area contributed by atoms with E-state index in [1.807, 2.05) is 0 Å². The van der Waals surface area contributed by atoms with Crippen LogP contribution in [0.15, 0.2) is 18.2 Å². The highest BCUT2D eigenvalue weighted by Gasteiger charge is 2.36. The molecule has 0 fully saturated rings. The predicted octanol–water partition coefficient (Wildman–Crippen LogP) is 2.00. The fourth-order valence-corrected chi connectivity index (χ4v) is 1.40. The highest BCUT2D eigenvalue weighted by Crippen LogP contribution is 2.32. The topological polar surface area (TPSA) is 57.6 Å². The van der Waals surface area contributed by atoms with Crippen LogP contribution < -0.4 is 0 Å². The third-order valence-electron chi connectivity index (χ3n) is 2.25. The number of nitrogens with zero attached hydrogens (tertiary/aromatic N) is 1. The summed E-state index contributed by atoms with van der Waals surface area (Å²) in [6.45, 7) is -0.742. The van der Waals surface area contributed by atoms with Gasteiger partial charge in [-0.25, -0.2) is 4.39 Å². The number of amides is 1. The number of carboxylic acid groups (broad SMARTS) is 1. The van der Waals surface area contributed by atoms with Crippen LogP contribution >= 0.6 is 0 Å². The molecule has 0 aliphatic rings. The van der Waals surface area contributed by atoms with Gasteiger partial charge in [-0.3, -0.25) is 9.59 Å². The van der Waals surface area contributed by atoms with Gasteiger partial charge in [0, 0.05) is 7.05 Å². The number of rotatable bonds is 3. The molecule has 4 nitrogen and oxygen atoms in total. The Hall–Kier alpha value is -2.12. The van der Waals surface area contributed by atoms with Crippen molar-refractivity contribution in [2.75, 3.05) is 13.6 Å². The Balaban J connectivity index is 3.15. The molecule has 1 N–H and O–H groups in total. The molecule has 0 aromatic heterocycles. The normalized spacial score (nSPS) is 11.2. The number of hydrogen-bond donors (Lipinski definition) is 1. The van der Waals surface area contributed by atoms with E-state index in [0.717, 1.165) is 19.2 Å². The first-order chi connectivity index (χ1) is 8.64. The number of hydrogen-bond acceptors (Lipinski definition) is 2. The first-order valence-corrected chi connectivity index (χ1v) is 4.97. The van der Waals surface area contributed by atoms with Crippen LogP contribution in [0.2, 0.25) is 0 Å². The molecule has 104 valence electrons. The van der Waals surface area contributed by atoms with Gasteiger partial charge >= 0.3 is 12.1 Å². The van der Waals surface area contributed by atoms with Crippen molar-refractivity contribution in [3.8, 4) is 0 Å². The molecule has 1 amide bonds. The standard InChI is InChI=1S/C11H9F4NO3/c1-16(5-8(17)18)10(19)6-3-2-4-7(9(6)12)11(13,14)15/h2-4H,5H2,1H3,(H,17,18). The summed E-state index contributed by atoms with van der Waals surface area (Å²) in [7, 11) is 1.05. The van der Waals surface area contributed by atoms with Crippen molar-refractivity contribution in [2.45, 2.75) is 6.18 Å². The molecular formula is C11H9F4NO3. The maximum atomic E-state index is 13.6. The fraction of sp³-hybridized carbons (Fsp3) is 0.273. The number of aliphatic carboxylic acids is 1. The maximum absolute atomic E-state index is 13.6. The fourth-order valence-electron chi connectivity index (χ4n) is 1.40. The summed E-state index contributed by atoms with van der Waals surface area (Å²) in [5.74, 6) is -4.20. The summed E-state index contributed by atoms with van der Waals surface area (Å²) in [6.07, 6.45) is -4.92. The minimum Gasteiger partial charge on any atom is -0.480 e. The molecule has 0 saturated heterocycles. The van der Waals surface area contributed by atoms with E-state index in [0.29, 0.717) is 11.0 Å². The summed E-state index contributed by atoms with van der Waals surface area (Å²) < 4.78 is 50.9. The van der Waals surface area contributed by atoms with Gasteiger partial charge in [-0.1, -0.05) is 6.07 Å². The molecule has 8 heteroatoms. The lowest BCUT2D eigenvalue weighted by atomic mass is 10.1. The molecule has 0 spiro atoms. The van der Waals surface area contributed by atoms with E-state index in [2.05, 4.69) is 0 Å². The average molecular weight is 279 g/mol. The number of alkyl halides is 3. The van der Waals surface area contributed by atoms with Crippen LogP contribution in [0.1, 0.15) is 15.9 Å². The van der Waals surface area contributed by atoms with E-state index < -0.39 is 41.5 Å². The second kappa shape index (κ2) is 5.25. The van der Waals surface area contributed by atoms with Crippen molar-refractivity contribution in [3.63, 3.8) is 0 Å². The van der Waals surface area contributed by atoms with E-state index >= 15 is 0 Å². The zero-order valence-electron chi connectivity index (χ0n) is 9.66. The second-order valence-corrected chi connectivity index (χ2v) is 3.72. The first-order valence-electron chi connectivity index (χ1n) is 4.97. The predicted molar refractivity (Wildman–Crippen MR) is 56.0 cm³/mol. The van der Waals surface area contributed by atoms with E-state index in [1.54, 1.807) is 0 Å². The summed E-state index contributed by atoms with van der Waals surface area (Å²) in [5, 5.41) is 8.47. The lowest BCUT2D eigenvalue weighted by Crippen LogP contribution is -2.32. The summed E-state index contributed by atoms with van der Waals surface area (Å²) in [4.78, 5) is 22.6. The SMILES string of the molecule is CN(CC(=O)O)C(=O)c1cccc(C(F)(F)F)c1F. The van der Waals surface area contributed by atoms with Gasteiger partial charge in [-0.15, -0.1) is 0 Å². The zero-order chi connectivity index (χ0) is 14.8. The van der Waals surface area contributed by atoms with Gasteiger partial charge in [-0.2, -0.15) is 13.2 Å². The Morgan fingerprint density at radius 3 is 2.37 bits per heavy atom. The maximum Gasteiger partial charge on any atom is 0.419 e. The Morgan fingerprint density at radius 2 is 1.89 bits per heavy atom. The van der Waals surface area contributed by atoms with Crippen LogP contribution in [0.4, 0.5) is 17.6 Å². The first kappa shape index (κ1) is 14.9. The number of carbonyl (C=O) groups is 2. The van der Waals surface area contributed by atoms with Crippen LogP contribution in [0.3, 0.4) is 0 Å². The van der Waals surface area contributed by atoms with E-state index in [9.17, 15) is 27.2 Å². The van der Waals surface area contributed by atoms with Gasteiger partial charge < -0.3 is 10.0 Å². The number of carboxylic acids is 1. The Morgan fingerprint density at radius 1 is 1.32 bits per heavy atom. The smallest absolute Gasteiger partial charge is 0.419 e. The molecule has 0 saturated carbocycles. The Labute approximate surface area is 105 Å². The lowest BCUT2D eigenvalue weighted by Gasteiger charge is -2.16. The van der Waals surface area contributed by atoms with Crippen molar-refractivity contribution in [1.82, 2.24) is 4.90 Å². The second-order valence-electron chi connectivity index (χ2n) is 3.72. The quantitative estimate of drug-likeness (QED) is 0.861. The van der Waals surface area contributed by atoms with Crippen molar-refractivity contribution < 1.29 is 32.3 Å². The van der Waals surface area contributed by atoms with E-state index in [-0.39, 0.29) is 0 Å². The summed E-state index contributed by atoms with van der Waals surface area (Å²) in [5.41, 5.74) is -2.39. The Kier molecular flexibility index (Phi) is 4.13. The third-order valence-corrected chi connectivity index (χ3v) is 2.25. The zero-order valence-corrected chi connectivity index (χ0v) is 9.66. The highest BCUT2D eigenvalue weighted by molar-refractivity contribution is 5.96. The van der Waals surface area contributed by atoms with Gasteiger partial charge in [0.05, 0.1) is 11.1 Å². The van der Waals surface area contributed by atoms with E-state index in [4.69, 9.17) is 5.11 Å². The molecular weight excluding hydrogens is 270 g/mol. The number of likely N-dealkylation sites (N-methyl/N-ethyl adjacent to an activating group) is 1. The molecule has 0 bridgehead atoms. The number of carbonyl (C=O) groups excluding carboxylic acids is 1. The molecule has 1 aromatic rings. The largest absolute Gasteiger partial charge is 0.480 e. The van der Waals surface area contributed by atoms with Crippen molar-refractivity contribution >= 4 is 11.9 Å². The van der Waals surface area contributed by atoms with Crippen LogP contribution in [0, 0.1) is 5.82 Å². The summed E-state index contributed by atoms with van der Waals surface area (Å²) >= 11 is 0. The average Bonchev–Trinajstić information content (AvgIpc) is 2.25. The van der Waals surface area contributed by atoms with Gasteiger partial charge in [0.25, 0.3) is 5.91 Å². The lowest BCUT2D eigenvalue weighted by molar-refractivity contribution is -0.140. The monoisotopic (exact) mass is 279 g/mol. The van der Waals surface area contributed by atoms with E-state index in [1.165, 1.54) is 0 Å². The molecule has 19 heavy (non-hydrogen) atoms. The third kappa shape index (κ3) is 3.43. The number of benzene rings is 1. The molecule has 1 aromatic carbocycles. The summed E-state index contributed by atoms with van der Waals surface area (Å²) in [6, 6.07) is 2.25. The van der Waals surface area contributed by atoms with Crippen molar-refractivity contribution in [1.29, 1.82) is 0 Å². The molecule has 0 atom stereocenters. The highest BCUT2D eigenvalue weighted by atomic mass is 19.4. The molecule has 0 heterocycles. The molecule has 0 unspecified atom stereocenters. The van der Waals surface area contributed by atoms with Crippen LogP contribution in [0.25, 0.3) is 0 Å². The van der Waals surface area contributed by atoms with Crippen molar-refractivity contribution in [3.05, 3.63) is 35.1 Å². The Bertz CT molecular complexity index is 513. The van der Waals surface area contributed by atoms with Crippen LogP contribution in [0.5, 0.6) is 0 Å². The molecule has 0 radical (unpaired) electrons. The van der Waals surface area contributed by atoms with Gasteiger partial charge in [0.15, 0.2) is 0 Å². The molecule has 1 rings (SSSR count).